The summed E-state index contributed by atoms with van der Waals surface area (Å²) >= 11 is 0. The van der Waals surface area contributed by atoms with Gasteiger partial charge in [0.05, 0.1) is 0 Å². The molecule has 3 aromatic rings. The SMILES string of the molecule is Cc1cccc(CN(C(=O)CCc2ccc3c(c2)OCCO3)C(Cc2ccccc2)C(=O)NC(C)(C)C)c1. The van der Waals surface area contributed by atoms with E-state index in [4.69, 9.17) is 9.47 Å². The molecule has 1 unspecified atom stereocenters. The molecule has 200 valence electrons. The van der Waals surface area contributed by atoms with Crippen LogP contribution >= 0.6 is 0 Å². The second-order valence-corrected chi connectivity index (χ2v) is 10.9. The lowest BCUT2D eigenvalue weighted by Crippen LogP contribution is -2.54. The monoisotopic (exact) mass is 514 g/mol. The minimum atomic E-state index is -0.648. The van der Waals surface area contributed by atoms with Crippen molar-refractivity contribution in [3.63, 3.8) is 0 Å². The van der Waals surface area contributed by atoms with Gasteiger partial charge < -0.3 is 19.7 Å². The lowest BCUT2D eigenvalue weighted by Gasteiger charge is -2.34. The molecule has 2 amide bonds. The van der Waals surface area contributed by atoms with E-state index in [2.05, 4.69) is 11.4 Å². The lowest BCUT2D eigenvalue weighted by molar-refractivity contribution is -0.141. The van der Waals surface area contributed by atoms with Crippen molar-refractivity contribution < 1.29 is 19.1 Å². The largest absolute Gasteiger partial charge is 0.486 e. The van der Waals surface area contributed by atoms with Gasteiger partial charge in [0, 0.05) is 24.9 Å². The Morgan fingerprint density at radius 1 is 0.868 bits per heavy atom. The number of aryl methyl sites for hydroxylation is 2. The fourth-order valence-corrected chi connectivity index (χ4v) is 4.65. The topological polar surface area (TPSA) is 67.9 Å². The minimum absolute atomic E-state index is 0.0635. The van der Waals surface area contributed by atoms with Crippen molar-refractivity contribution in [1.29, 1.82) is 0 Å². The molecule has 38 heavy (non-hydrogen) atoms. The number of hydrogen-bond acceptors (Lipinski definition) is 4. The van der Waals surface area contributed by atoms with Crippen LogP contribution in [0.15, 0.2) is 72.8 Å². The van der Waals surface area contributed by atoms with Gasteiger partial charge in [-0.25, -0.2) is 0 Å². The number of nitrogens with zero attached hydrogens (tertiary/aromatic N) is 1. The maximum atomic E-state index is 13.9. The molecule has 4 rings (SSSR count). The summed E-state index contributed by atoms with van der Waals surface area (Å²) in [6, 6.07) is 23.1. The molecule has 1 heterocycles. The molecular weight excluding hydrogens is 476 g/mol. The summed E-state index contributed by atoms with van der Waals surface area (Å²) < 4.78 is 11.3. The summed E-state index contributed by atoms with van der Waals surface area (Å²) in [5.41, 5.74) is 3.70. The first-order chi connectivity index (χ1) is 18.2. The van der Waals surface area contributed by atoms with E-state index in [0.29, 0.717) is 38.3 Å². The third-order valence-electron chi connectivity index (χ3n) is 6.44. The second kappa shape index (κ2) is 12.2. The highest BCUT2D eigenvalue weighted by Gasteiger charge is 2.32. The summed E-state index contributed by atoms with van der Waals surface area (Å²) in [5, 5.41) is 3.12. The van der Waals surface area contributed by atoms with Crippen molar-refractivity contribution >= 4 is 11.8 Å². The van der Waals surface area contributed by atoms with Gasteiger partial charge in [-0.1, -0.05) is 66.2 Å². The zero-order chi connectivity index (χ0) is 27.1. The highest BCUT2D eigenvalue weighted by atomic mass is 16.6. The molecule has 0 spiro atoms. The molecule has 6 heteroatoms. The van der Waals surface area contributed by atoms with Crippen LogP contribution in [0.3, 0.4) is 0 Å². The minimum Gasteiger partial charge on any atom is -0.486 e. The predicted octanol–water partition coefficient (Wildman–Crippen LogP) is 5.25. The van der Waals surface area contributed by atoms with E-state index in [-0.39, 0.29) is 18.2 Å². The van der Waals surface area contributed by atoms with E-state index in [1.165, 1.54) is 0 Å². The fraction of sp³-hybridized carbons (Fsp3) is 0.375. The van der Waals surface area contributed by atoms with Crippen molar-refractivity contribution in [3.8, 4) is 11.5 Å². The first-order valence-corrected chi connectivity index (χ1v) is 13.3. The molecule has 0 aromatic heterocycles. The van der Waals surface area contributed by atoms with E-state index in [1.54, 1.807) is 4.90 Å². The summed E-state index contributed by atoms with van der Waals surface area (Å²) in [4.78, 5) is 29.3. The van der Waals surface area contributed by atoms with Gasteiger partial charge in [0.2, 0.25) is 11.8 Å². The van der Waals surface area contributed by atoms with Crippen molar-refractivity contribution in [1.82, 2.24) is 10.2 Å². The highest BCUT2D eigenvalue weighted by Crippen LogP contribution is 2.31. The maximum Gasteiger partial charge on any atom is 0.243 e. The third-order valence-corrected chi connectivity index (χ3v) is 6.44. The van der Waals surface area contributed by atoms with Gasteiger partial charge in [0.1, 0.15) is 19.3 Å². The van der Waals surface area contributed by atoms with Crippen LogP contribution < -0.4 is 14.8 Å². The van der Waals surface area contributed by atoms with Gasteiger partial charge >= 0.3 is 0 Å². The molecule has 0 aliphatic carbocycles. The number of amides is 2. The number of hydrogen-bond donors (Lipinski definition) is 1. The van der Waals surface area contributed by atoms with Crippen LogP contribution in [0.5, 0.6) is 11.5 Å². The summed E-state index contributed by atoms with van der Waals surface area (Å²) in [6.07, 6.45) is 1.25. The number of ether oxygens (including phenoxy) is 2. The number of carbonyl (C=O) groups is 2. The van der Waals surface area contributed by atoms with Gasteiger partial charge in [0.15, 0.2) is 11.5 Å². The van der Waals surface area contributed by atoms with Crippen molar-refractivity contribution in [2.75, 3.05) is 13.2 Å². The Balaban J connectivity index is 1.61. The van der Waals surface area contributed by atoms with Gasteiger partial charge in [-0.15, -0.1) is 0 Å². The standard InChI is InChI=1S/C32H38N2O4/c1-23-9-8-12-26(19-23)22-34(27(31(36)33-32(2,3)4)20-24-10-6-5-7-11-24)30(35)16-14-25-13-15-28-29(21-25)38-18-17-37-28/h5-13,15,19,21,27H,14,16-18,20,22H2,1-4H3,(H,33,36). The first-order valence-electron chi connectivity index (χ1n) is 13.3. The molecule has 0 saturated heterocycles. The van der Waals surface area contributed by atoms with E-state index in [0.717, 1.165) is 28.0 Å². The van der Waals surface area contributed by atoms with Crippen LogP contribution in [-0.2, 0) is 29.0 Å². The number of nitrogens with one attached hydrogen (secondary N) is 1. The Labute approximate surface area is 226 Å². The zero-order valence-corrected chi connectivity index (χ0v) is 22.8. The van der Waals surface area contributed by atoms with E-state index >= 15 is 0 Å². The smallest absolute Gasteiger partial charge is 0.243 e. The van der Waals surface area contributed by atoms with Crippen LogP contribution in [0.25, 0.3) is 0 Å². The zero-order valence-electron chi connectivity index (χ0n) is 22.8. The van der Waals surface area contributed by atoms with E-state index in [1.807, 2.05) is 94.4 Å². The Morgan fingerprint density at radius 3 is 2.29 bits per heavy atom. The van der Waals surface area contributed by atoms with Crippen LogP contribution in [0.4, 0.5) is 0 Å². The van der Waals surface area contributed by atoms with Crippen LogP contribution in [0.1, 0.15) is 49.4 Å². The van der Waals surface area contributed by atoms with Crippen molar-refractivity contribution in [2.24, 2.45) is 0 Å². The average molecular weight is 515 g/mol. The maximum absolute atomic E-state index is 13.9. The average Bonchev–Trinajstić information content (AvgIpc) is 2.89. The van der Waals surface area contributed by atoms with Gasteiger partial charge in [-0.2, -0.15) is 0 Å². The molecule has 6 nitrogen and oxygen atoms in total. The van der Waals surface area contributed by atoms with E-state index in [9.17, 15) is 9.59 Å². The first kappa shape index (κ1) is 27.2. The highest BCUT2D eigenvalue weighted by molar-refractivity contribution is 5.88. The number of benzene rings is 3. The lowest BCUT2D eigenvalue weighted by atomic mass is 9.99. The molecule has 0 saturated carbocycles. The van der Waals surface area contributed by atoms with Crippen molar-refractivity contribution in [2.45, 2.75) is 65.1 Å². The molecule has 1 atom stereocenters. The third kappa shape index (κ3) is 7.60. The predicted molar refractivity (Wildman–Crippen MR) is 149 cm³/mol. The van der Waals surface area contributed by atoms with E-state index < -0.39 is 11.6 Å². The number of carbonyl (C=O) groups excluding carboxylic acids is 2. The molecular formula is C32H38N2O4. The summed E-state index contributed by atoms with van der Waals surface area (Å²) in [5.74, 6) is 1.23. The van der Waals surface area contributed by atoms with Gasteiger partial charge in [0.25, 0.3) is 0 Å². The van der Waals surface area contributed by atoms with Crippen LogP contribution in [-0.4, -0.2) is 41.5 Å². The molecule has 1 N–H and O–H groups in total. The summed E-state index contributed by atoms with van der Waals surface area (Å²) in [7, 11) is 0. The Bertz CT molecular complexity index is 1250. The Hall–Kier alpha value is -3.80. The molecule has 0 fully saturated rings. The molecule has 0 bridgehead atoms. The van der Waals surface area contributed by atoms with Crippen molar-refractivity contribution in [3.05, 3.63) is 95.1 Å². The molecule has 1 aliphatic heterocycles. The number of rotatable bonds is 9. The Kier molecular flexibility index (Phi) is 8.72. The molecule has 0 radical (unpaired) electrons. The number of fused-ring (bicyclic) bond motifs is 1. The normalized spacial score (nSPS) is 13.5. The van der Waals surface area contributed by atoms with Crippen LogP contribution in [0, 0.1) is 6.92 Å². The Morgan fingerprint density at radius 2 is 1.58 bits per heavy atom. The van der Waals surface area contributed by atoms with Crippen LogP contribution in [0.2, 0.25) is 0 Å². The summed E-state index contributed by atoms with van der Waals surface area (Å²) in [6.45, 7) is 9.32. The second-order valence-electron chi connectivity index (χ2n) is 10.9. The van der Waals surface area contributed by atoms with Gasteiger partial charge in [-0.05, 0) is 62.9 Å². The fourth-order valence-electron chi connectivity index (χ4n) is 4.65. The quantitative estimate of drug-likeness (QED) is 0.423. The molecule has 3 aromatic carbocycles. The molecule has 1 aliphatic rings. The van der Waals surface area contributed by atoms with Gasteiger partial charge in [-0.3, -0.25) is 9.59 Å².